The summed E-state index contributed by atoms with van der Waals surface area (Å²) in [5, 5.41) is 13.1. The number of amidine groups is 1. The van der Waals surface area contributed by atoms with Crippen molar-refractivity contribution in [1.82, 2.24) is 5.32 Å². The summed E-state index contributed by atoms with van der Waals surface area (Å²) in [6.07, 6.45) is -5.27. The normalized spacial score (nSPS) is 23.4. The molecule has 1 aliphatic carbocycles. The van der Waals surface area contributed by atoms with Gasteiger partial charge in [-0.25, -0.2) is 9.59 Å². The lowest BCUT2D eigenvalue weighted by Crippen LogP contribution is -2.44. The van der Waals surface area contributed by atoms with Crippen LogP contribution >= 0.6 is 0 Å². The van der Waals surface area contributed by atoms with E-state index < -0.39 is 24.1 Å². The van der Waals surface area contributed by atoms with Crippen LogP contribution in [0.2, 0.25) is 0 Å². The van der Waals surface area contributed by atoms with Crippen LogP contribution in [0.3, 0.4) is 0 Å². The summed E-state index contributed by atoms with van der Waals surface area (Å²) in [7, 11) is 0. The Kier molecular flexibility index (Phi) is 4.57. The third kappa shape index (κ3) is 5.02. The van der Waals surface area contributed by atoms with Crippen LogP contribution in [0.15, 0.2) is 5.16 Å². The molecule has 1 aliphatic rings. The zero-order chi connectivity index (χ0) is 14.6. The van der Waals surface area contributed by atoms with Crippen molar-refractivity contribution in [2.45, 2.75) is 31.5 Å². The van der Waals surface area contributed by atoms with E-state index in [0.29, 0.717) is 12.8 Å². The van der Waals surface area contributed by atoms with Crippen molar-refractivity contribution in [2.24, 2.45) is 16.8 Å². The number of nitrogens with zero attached hydrogens (tertiary/aromatic N) is 1. The lowest BCUT2D eigenvalue weighted by molar-refractivity contribution is -0.146. The number of carbonyl (C=O) groups is 2. The van der Waals surface area contributed by atoms with E-state index in [1.165, 1.54) is 0 Å². The van der Waals surface area contributed by atoms with Gasteiger partial charge in [0.25, 0.3) is 0 Å². The van der Waals surface area contributed by atoms with Crippen LogP contribution < -0.4 is 11.1 Å². The monoisotopic (exact) mass is 283 g/mol. The topological polar surface area (TPSA) is 114 Å². The third-order valence-corrected chi connectivity index (χ3v) is 2.55. The van der Waals surface area contributed by atoms with Crippen LogP contribution in [0.5, 0.6) is 0 Å². The zero-order valence-electron chi connectivity index (χ0n) is 9.61. The highest BCUT2D eigenvalue weighted by Crippen LogP contribution is 2.30. The number of halogens is 3. The summed E-state index contributed by atoms with van der Waals surface area (Å²) in [6.45, 7) is 0. The molecule has 0 aromatic carbocycles. The predicted molar refractivity (Wildman–Crippen MR) is 56.1 cm³/mol. The van der Waals surface area contributed by atoms with E-state index in [-0.39, 0.29) is 18.4 Å². The van der Waals surface area contributed by atoms with Crippen LogP contribution in [0.4, 0.5) is 18.0 Å². The molecule has 1 fully saturated rings. The van der Waals surface area contributed by atoms with Gasteiger partial charge >= 0.3 is 18.2 Å². The number of oxime groups is 1. The molecule has 0 aliphatic heterocycles. The summed E-state index contributed by atoms with van der Waals surface area (Å²) in [5.41, 5.74) is 4.53. The molecule has 108 valence electrons. The smallest absolute Gasteiger partial charge is 0.452 e. The molecule has 0 atom stereocenters. The van der Waals surface area contributed by atoms with Gasteiger partial charge in [0.1, 0.15) is 0 Å². The van der Waals surface area contributed by atoms with Crippen LogP contribution in [-0.2, 0) is 9.63 Å². The van der Waals surface area contributed by atoms with Crippen molar-refractivity contribution in [3.63, 3.8) is 0 Å². The summed E-state index contributed by atoms with van der Waals surface area (Å²) in [4.78, 5) is 25.4. The van der Waals surface area contributed by atoms with Gasteiger partial charge < -0.3 is 21.0 Å². The molecule has 0 bridgehead atoms. The predicted octanol–water partition coefficient (Wildman–Crippen LogP) is 0.800. The van der Waals surface area contributed by atoms with Crippen molar-refractivity contribution in [2.75, 3.05) is 0 Å². The van der Waals surface area contributed by atoms with E-state index >= 15 is 0 Å². The number of carboxylic acid groups (broad SMARTS) is 1. The van der Waals surface area contributed by atoms with E-state index in [9.17, 15) is 22.8 Å². The summed E-state index contributed by atoms with van der Waals surface area (Å²) >= 11 is 0. The fourth-order valence-electron chi connectivity index (χ4n) is 1.62. The number of hydrogen-bond acceptors (Lipinski definition) is 4. The van der Waals surface area contributed by atoms with Gasteiger partial charge in [0, 0.05) is 6.04 Å². The van der Waals surface area contributed by atoms with Crippen molar-refractivity contribution >= 4 is 17.9 Å². The fraction of sp³-hybridized carbons (Fsp3) is 0.667. The van der Waals surface area contributed by atoms with E-state index in [4.69, 9.17) is 5.11 Å². The van der Waals surface area contributed by atoms with Crippen LogP contribution in [0.25, 0.3) is 0 Å². The molecule has 0 unspecified atom stereocenters. The van der Waals surface area contributed by atoms with Gasteiger partial charge in [-0.15, -0.1) is 0 Å². The van der Waals surface area contributed by atoms with E-state index in [2.05, 4.69) is 21.0 Å². The molecule has 0 radical (unpaired) electrons. The maximum atomic E-state index is 11.9. The van der Waals surface area contributed by atoms with Crippen molar-refractivity contribution < 1.29 is 32.7 Å². The third-order valence-electron chi connectivity index (χ3n) is 2.55. The maximum absolute atomic E-state index is 11.9. The minimum atomic E-state index is -4.84. The van der Waals surface area contributed by atoms with Gasteiger partial charge in [-0.3, -0.25) is 0 Å². The number of carbonyl (C=O) groups excluding carboxylic acids is 1. The Morgan fingerprint density at radius 3 is 2.47 bits per heavy atom. The highest BCUT2D eigenvalue weighted by Gasteiger charge is 2.35. The average Bonchev–Trinajstić information content (AvgIpc) is 2.20. The second-order valence-electron chi connectivity index (χ2n) is 4.13. The molecule has 10 heteroatoms. The van der Waals surface area contributed by atoms with Gasteiger partial charge in [-0.1, -0.05) is 5.16 Å². The summed E-state index contributed by atoms with van der Waals surface area (Å²) < 4.78 is 35.7. The molecule has 1 saturated carbocycles. The Balaban J connectivity index is 2.26. The molecule has 0 aromatic heterocycles. The van der Waals surface area contributed by atoms with Crippen LogP contribution in [-0.4, -0.2) is 35.2 Å². The first-order valence-corrected chi connectivity index (χ1v) is 5.28. The first-order chi connectivity index (χ1) is 8.68. The zero-order valence-corrected chi connectivity index (χ0v) is 9.61. The Morgan fingerprint density at radius 1 is 1.42 bits per heavy atom. The molecule has 7 nitrogen and oxygen atoms in total. The molecule has 0 heterocycles. The molecule has 1 amide bonds. The van der Waals surface area contributed by atoms with E-state index in [0.717, 1.165) is 0 Å². The van der Waals surface area contributed by atoms with Crippen molar-refractivity contribution in [1.29, 1.82) is 0 Å². The Hall–Kier alpha value is -2.00. The molecule has 0 saturated heterocycles. The summed E-state index contributed by atoms with van der Waals surface area (Å²) in [5.74, 6) is -2.81. The highest BCUT2D eigenvalue weighted by molar-refractivity contribution is 5.86. The van der Waals surface area contributed by atoms with E-state index in [1.54, 1.807) is 0 Å². The first-order valence-electron chi connectivity index (χ1n) is 5.28. The second kappa shape index (κ2) is 5.76. The van der Waals surface area contributed by atoms with Gasteiger partial charge in [-0.2, -0.15) is 13.2 Å². The largest absolute Gasteiger partial charge is 0.465 e. The maximum Gasteiger partial charge on any atom is 0.452 e. The fourth-order valence-corrected chi connectivity index (χ4v) is 1.62. The van der Waals surface area contributed by atoms with Crippen molar-refractivity contribution in [3.05, 3.63) is 0 Å². The van der Waals surface area contributed by atoms with Gasteiger partial charge in [0.05, 0.1) is 6.42 Å². The van der Waals surface area contributed by atoms with Gasteiger partial charge in [0.15, 0.2) is 0 Å². The Labute approximate surface area is 105 Å². The van der Waals surface area contributed by atoms with Crippen molar-refractivity contribution in [3.8, 4) is 0 Å². The average molecular weight is 283 g/mol. The van der Waals surface area contributed by atoms with Crippen LogP contribution in [0.1, 0.15) is 19.3 Å². The number of rotatable bonds is 4. The van der Waals surface area contributed by atoms with Gasteiger partial charge in [0.2, 0.25) is 5.84 Å². The quantitative estimate of drug-likeness (QED) is 0.305. The summed E-state index contributed by atoms with van der Waals surface area (Å²) in [6, 6.07) is -0.237. The molecule has 1 rings (SSSR count). The number of alkyl halides is 3. The molecule has 0 aromatic rings. The molecule has 19 heavy (non-hydrogen) atoms. The molecule has 4 N–H and O–H groups in total. The van der Waals surface area contributed by atoms with Crippen LogP contribution in [0, 0.1) is 5.92 Å². The number of hydrogen-bond donors (Lipinski definition) is 3. The minimum absolute atomic E-state index is 0.133. The lowest BCUT2D eigenvalue weighted by atomic mass is 9.78. The Morgan fingerprint density at radius 2 is 2.00 bits per heavy atom. The minimum Gasteiger partial charge on any atom is -0.465 e. The Bertz CT molecular complexity index is 391. The lowest BCUT2D eigenvalue weighted by Gasteiger charge is -2.34. The standard InChI is InChI=1S/C9H12F3N3O4/c10-9(11,12)7(13)15-19-6(16)3-4-1-5(2-4)14-8(17)18/h4-5,14H,1-3H2,(H2,13,15)(H,17,18). The second-order valence-corrected chi connectivity index (χ2v) is 4.13. The molecule has 0 spiro atoms. The van der Waals surface area contributed by atoms with E-state index in [1.807, 2.05) is 0 Å². The first kappa shape index (κ1) is 15.1. The highest BCUT2D eigenvalue weighted by atomic mass is 19.4. The number of nitrogens with one attached hydrogen (secondary N) is 1. The molecular weight excluding hydrogens is 271 g/mol. The number of nitrogens with two attached hydrogens (primary N) is 1. The van der Waals surface area contributed by atoms with Gasteiger partial charge in [-0.05, 0) is 18.8 Å². The SMILES string of the molecule is NC(=NOC(=O)CC1CC(NC(=O)O)C1)C(F)(F)F. The number of amides is 1. The molecular formula is C9H12F3N3O4.